The third kappa shape index (κ3) is 3.11. The molecular formula is C10H16ClNO4S. The van der Waals surface area contributed by atoms with Gasteiger partial charge < -0.3 is 10.1 Å². The van der Waals surface area contributed by atoms with Crippen molar-refractivity contribution < 1.29 is 17.9 Å². The Labute approximate surface area is 106 Å². The van der Waals surface area contributed by atoms with Gasteiger partial charge in [0, 0.05) is 0 Å². The molecule has 2 rings (SSSR count). The monoisotopic (exact) mass is 281 g/mol. The van der Waals surface area contributed by atoms with Crippen LogP contribution in [0.25, 0.3) is 0 Å². The van der Waals surface area contributed by atoms with E-state index < -0.39 is 27.4 Å². The van der Waals surface area contributed by atoms with Gasteiger partial charge in [0.15, 0.2) is 9.84 Å². The van der Waals surface area contributed by atoms with Gasteiger partial charge in [0.2, 0.25) is 5.91 Å². The number of nitrogens with one attached hydrogen (secondary N) is 1. The summed E-state index contributed by atoms with van der Waals surface area (Å²) in [5.74, 6) is -0.390. The Balaban J connectivity index is 1.91. The zero-order valence-corrected chi connectivity index (χ0v) is 11.1. The van der Waals surface area contributed by atoms with Crippen molar-refractivity contribution in [2.75, 3.05) is 11.5 Å². The van der Waals surface area contributed by atoms with Gasteiger partial charge in [-0.1, -0.05) is 0 Å². The number of halogens is 1. The first-order valence-electron chi connectivity index (χ1n) is 5.68. The molecule has 2 aliphatic rings. The van der Waals surface area contributed by atoms with E-state index in [2.05, 4.69) is 5.32 Å². The van der Waals surface area contributed by atoms with Crippen LogP contribution in [0, 0.1) is 0 Å². The highest BCUT2D eigenvalue weighted by atomic mass is 35.5. The first-order valence-corrected chi connectivity index (χ1v) is 7.93. The van der Waals surface area contributed by atoms with Crippen LogP contribution < -0.4 is 5.32 Å². The van der Waals surface area contributed by atoms with Crippen LogP contribution in [-0.4, -0.2) is 49.5 Å². The minimum Gasteiger partial charge on any atom is -0.365 e. The number of amides is 1. The second-order valence-corrected chi connectivity index (χ2v) is 7.44. The molecule has 0 aromatic heterocycles. The van der Waals surface area contributed by atoms with Crippen molar-refractivity contribution in [2.45, 2.75) is 43.4 Å². The van der Waals surface area contributed by atoms with E-state index in [9.17, 15) is 13.2 Å². The summed E-state index contributed by atoms with van der Waals surface area (Å²) in [4.78, 5) is 11.8. The minimum absolute atomic E-state index is 0.0680. The zero-order chi connectivity index (χ0) is 12.6. The average Bonchev–Trinajstić information content (AvgIpc) is 2.71. The summed E-state index contributed by atoms with van der Waals surface area (Å²) in [7, 11) is -3.11. The molecule has 7 heteroatoms. The second kappa shape index (κ2) is 4.74. The quantitative estimate of drug-likeness (QED) is 0.728. The van der Waals surface area contributed by atoms with E-state index in [0.29, 0.717) is 6.42 Å². The summed E-state index contributed by atoms with van der Waals surface area (Å²) >= 11 is 5.91. The molecule has 0 aromatic rings. The van der Waals surface area contributed by atoms with Crippen molar-refractivity contribution in [2.24, 2.45) is 0 Å². The standard InChI is InChI=1S/C10H16ClNO4S/c1-6-2-3-9(16-6)10(13)12-8-5-17(14,15)4-7(8)11/h6-9H,2-5H2,1H3,(H,12,13). The molecule has 0 saturated carbocycles. The maximum absolute atomic E-state index is 11.8. The Kier molecular flexibility index (Phi) is 3.66. The van der Waals surface area contributed by atoms with Crippen molar-refractivity contribution in [3.05, 3.63) is 0 Å². The molecular weight excluding hydrogens is 266 g/mol. The lowest BCUT2D eigenvalue weighted by Crippen LogP contribution is -2.45. The van der Waals surface area contributed by atoms with Crippen molar-refractivity contribution in [3.8, 4) is 0 Å². The Hall–Kier alpha value is -0.330. The fourth-order valence-electron chi connectivity index (χ4n) is 2.21. The third-order valence-corrected chi connectivity index (χ3v) is 5.51. The Morgan fingerprint density at radius 2 is 2.06 bits per heavy atom. The molecule has 0 spiro atoms. The summed E-state index contributed by atoms with van der Waals surface area (Å²) in [5.41, 5.74) is 0. The summed E-state index contributed by atoms with van der Waals surface area (Å²) in [6.07, 6.45) is 1.16. The van der Waals surface area contributed by atoms with Crippen molar-refractivity contribution in [1.29, 1.82) is 0 Å². The molecule has 0 aromatic carbocycles. The maximum atomic E-state index is 11.8. The smallest absolute Gasteiger partial charge is 0.249 e. The van der Waals surface area contributed by atoms with Gasteiger partial charge in [-0.05, 0) is 19.8 Å². The fourth-order valence-corrected chi connectivity index (χ4v) is 4.76. The summed E-state index contributed by atoms with van der Waals surface area (Å²) in [6, 6.07) is -0.492. The lowest BCUT2D eigenvalue weighted by Gasteiger charge is -2.17. The van der Waals surface area contributed by atoms with Gasteiger partial charge in [-0.25, -0.2) is 8.42 Å². The Morgan fingerprint density at radius 1 is 1.35 bits per heavy atom. The van der Waals surface area contributed by atoms with E-state index in [-0.39, 0.29) is 23.5 Å². The van der Waals surface area contributed by atoms with Crippen LogP contribution in [0.5, 0.6) is 0 Å². The first kappa shape index (κ1) is 13.1. The molecule has 1 amide bonds. The van der Waals surface area contributed by atoms with Crippen molar-refractivity contribution >= 4 is 27.3 Å². The molecule has 0 bridgehead atoms. The largest absolute Gasteiger partial charge is 0.365 e. The second-order valence-electron chi connectivity index (χ2n) is 4.72. The van der Waals surface area contributed by atoms with Crippen LogP contribution in [0.2, 0.25) is 0 Å². The number of hydrogen-bond acceptors (Lipinski definition) is 4. The molecule has 98 valence electrons. The van der Waals surface area contributed by atoms with Gasteiger partial charge in [0.25, 0.3) is 0 Å². The van der Waals surface area contributed by atoms with Gasteiger partial charge in [-0.3, -0.25) is 4.79 Å². The van der Waals surface area contributed by atoms with Gasteiger partial charge in [0.05, 0.1) is 29.0 Å². The lowest BCUT2D eigenvalue weighted by atomic mass is 10.2. The van der Waals surface area contributed by atoms with Crippen LogP contribution in [0.15, 0.2) is 0 Å². The van der Waals surface area contributed by atoms with E-state index >= 15 is 0 Å². The number of sulfone groups is 1. The van der Waals surface area contributed by atoms with Crippen LogP contribution in [-0.2, 0) is 19.4 Å². The molecule has 5 nitrogen and oxygen atoms in total. The van der Waals surface area contributed by atoms with Crippen LogP contribution in [0.4, 0.5) is 0 Å². The number of alkyl halides is 1. The van der Waals surface area contributed by atoms with Gasteiger partial charge in [-0.2, -0.15) is 0 Å². The first-order chi connectivity index (χ1) is 7.87. The van der Waals surface area contributed by atoms with Crippen molar-refractivity contribution in [3.63, 3.8) is 0 Å². The highest BCUT2D eigenvalue weighted by molar-refractivity contribution is 7.91. The molecule has 4 atom stereocenters. The molecule has 0 aliphatic carbocycles. The Morgan fingerprint density at radius 3 is 2.53 bits per heavy atom. The van der Waals surface area contributed by atoms with Gasteiger partial charge >= 0.3 is 0 Å². The highest BCUT2D eigenvalue weighted by Gasteiger charge is 2.39. The van der Waals surface area contributed by atoms with Crippen molar-refractivity contribution in [1.82, 2.24) is 5.32 Å². The molecule has 2 heterocycles. The molecule has 4 unspecified atom stereocenters. The number of carbonyl (C=O) groups is 1. The topological polar surface area (TPSA) is 72.5 Å². The molecule has 1 N–H and O–H groups in total. The average molecular weight is 282 g/mol. The molecule has 17 heavy (non-hydrogen) atoms. The predicted molar refractivity (Wildman–Crippen MR) is 63.8 cm³/mol. The SMILES string of the molecule is CC1CCC(C(=O)NC2CS(=O)(=O)CC2Cl)O1. The lowest BCUT2D eigenvalue weighted by molar-refractivity contribution is -0.132. The molecule has 2 fully saturated rings. The van der Waals surface area contributed by atoms with Gasteiger partial charge in [-0.15, -0.1) is 11.6 Å². The minimum atomic E-state index is -3.11. The molecule has 2 saturated heterocycles. The van der Waals surface area contributed by atoms with Crippen LogP contribution in [0.1, 0.15) is 19.8 Å². The highest BCUT2D eigenvalue weighted by Crippen LogP contribution is 2.21. The number of rotatable bonds is 2. The summed E-state index contributed by atoms with van der Waals surface area (Å²) < 4.78 is 28.1. The maximum Gasteiger partial charge on any atom is 0.249 e. The van der Waals surface area contributed by atoms with E-state index in [1.54, 1.807) is 0 Å². The van der Waals surface area contributed by atoms with E-state index in [4.69, 9.17) is 16.3 Å². The Bertz CT molecular complexity index is 411. The van der Waals surface area contributed by atoms with Crippen LogP contribution >= 0.6 is 11.6 Å². The number of hydrogen-bond donors (Lipinski definition) is 1. The van der Waals surface area contributed by atoms with Crippen LogP contribution in [0.3, 0.4) is 0 Å². The summed E-state index contributed by atoms with van der Waals surface area (Å²) in [5, 5.41) is 2.13. The van der Waals surface area contributed by atoms with E-state index in [1.807, 2.05) is 6.92 Å². The zero-order valence-electron chi connectivity index (χ0n) is 9.56. The normalized spacial score (nSPS) is 40.4. The van der Waals surface area contributed by atoms with E-state index in [0.717, 1.165) is 6.42 Å². The van der Waals surface area contributed by atoms with E-state index in [1.165, 1.54) is 0 Å². The molecule has 2 aliphatic heterocycles. The van der Waals surface area contributed by atoms with Gasteiger partial charge in [0.1, 0.15) is 6.10 Å². The summed E-state index contributed by atoms with van der Waals surface area (Å²) in [6.45, 7) is 1.91. The molecule has 0 radical (unpaired) electrons. The number of carbonyl (C=O) groups excluding carboxylic acids is 1. The predicted octanol–water partition coefficient (Wildman–Crippen LogP) is 0.0745. The fraction of sp³-hybridized carbons (Fsp3) is 0.900. The third-order valence-electron chi connectivity index (χ3n) is 3.14. The number of ether oxygens (including phenoxy) is 1.